The number of anilines is 2. The van der Waals surface area contributed by atoms with Gasteiger partial charge in [0.05, 0.1) is 0 Å². The van der Waals surface area contributed by atoms with E-state index in [9.17, 15) is 4.79 Å². The first-order chi connectivity index (χ1) is 9.13. The van der Waals surface area contributed by atoms with Crippen molar-refractivity contribution in [2.45, 2.75) is 13.5 Å². The van der Waals surface area contributed by atoms with Gasteiger partial charge in [-0.2, -0.15) is 0 Å². The molecule has 4 nitrogen and oxygen atoms in total. The topological polar surface area (TPSA) is 67.2 Å². The molecule has 0 aromatic heterocycles. The maximum Gasteiger partial charge on any atom is 0.316 e. The number of rotatable bonds is 4. The van der Waals surface area contributed by atoms with Crippen molar-refractivity contribution in [3.8, 4) is 0 Å². The Labute approximate surface area is 112 Å². The van der Waals surface area contributed by atoms with Crippen molar-refractivity contribution in [2.75, 3.05) is 10.6 Å². The molecule has 0 atom stereocenters. The fourth-order valence-corrected chi connectivity index (χ4v) is 1.84. The largest absolute Gasteiger partial charge is 0.381 e. The third-order valence-electron chi connectivity index (χ3n) is 2.73. The number of carbonyl (C=O) groups is 1. The molecule has 2 amide bonds. The molecule has 0 heterocycles. The van der Waals surface area contributed by atoms with Crippen LogP contribution in [0.15, 0.2) is 48.5 Å². The molecular weight excluding hydrogens is 238 g/mol. The van der Waals surface area contributed by atoms with E-state index >= 15 is 0 Å². The van der Waals surface area contributed by atoms with Gasteiger partial charge in [0.2, 0.25) is 0 Å². The second-order valence-corrected chi connectivity index (χ2v) is 4.41. The number of amides is 2. The van der Waals surface area contributed by atoms with Gasteiger partial charge in [0.25, 0.3) is 0 Å². The lowest BCUT2D eigenvalue weighted by Gasteiger charge is -2.08. The summed E-state index contributed by atoms with van der Waals surface area (Å²) in [4.78, 5) is 10.7. The van der Waals surface area contributed by atoms with Crippen LogP contribution in [-0.4, -0.2) is 6.03 Å². The van der Waals surface area contributed by atoms with E-state index in [2.05, 4.69) is 35.8 Å². The molecule has 98 valence electrons. The zero-order valence-corrected chi connectivity index (χ0v) is 10.8. The van der Waals surface area contributed by atoms with Gasteiger partial charge in [-0.1, -0.05) is 29.8 Å². The average Bonchev–Trinajstić information content (AvgIpc) is 2.37. The quantitative estimate of drug-likeness (QED) is 0.785. The maximum atomic E-state index is 10.7. The van der Waals surface area contributed by atoms with Gasteiger partial charge in [-0.25, -0.2) is 4.79 Å². The van der Waals surface area contributed by atoms with Crippen molar-refractivity contribution < 1.29 is 4.79 Å². The first-order valence-electron chi connectivity index (χ1n) is 6.09. The third-order valence-corrected chi connectivity index (χ3v) is 2.73. The SMILES string of the molecule is Cc1cccc(CNc2ccc(NC(N)=O)cc2)c1. The number of carbonyl (C=O) groups excluding carboxylic acids is 1. The molecule has 2 rings (SSSR count). The molecule has 0 unspecified atom stereocenters. The lowest BCUT2D eigenvalue weighted by atomic mass is 10.1. The van der Waals surface area contributed by atoms with Gasteiger partial charge in [-0.3, -0.25) is 0 Å². The summed E-state index contributed by atoms with van der Waals surface area (Å²) >= 11 is 0. The minimum atomic E-state index is -0.555. The van der Waals surface area contributed by atoms with Gasteiger partial charge < -0.3 is 16.4 Å². The van der Waals surface area contributed by atoms with Crippen molar-refractivity contribution in [2.24, 2.45) is 5.73 Å². The first-order valence-corrected chi connectivity index (χ1v) is 6.09. The Morgan fingerprint density at radius 1 is 1.11 bits per heavy atom. The van der Waals surface area contributed by atoms with E-state index in [0.29, 0.717) is 5.69 Å². The molecule has 0 fully saturated rings. The molecule has 19 heavy (non-hydrogen) atoms. The van der Waals surface area contributed by atoms with Crippen LogP contribution in [-0.2, 0) is 6.54 Å². The number of primary amides is 1. The minimum absolute atomic E-state index is 0.555. The third kappa shape index (κ3) is 4.03. The van der Waals surface area contributed by atoms with Gasteiger partial charge in [0, 0.05) is 17.9 Å². The van der Waals surface area contributed by atoms with E-state index in [-0.39, 0.29) is 0 Å². The van der Waals surface area contributed by atoms with Crippen LogP contribution in [0.1, 0.15) is 11.1 Å². The minimum Gasteiger partial charge on any atom is -0.381 e. The average molecular weight is 255 g/mol. The van der Waals surface area contributed by atoms with Crippen LogP contribution < -0.4 is 16.4 Å². The van der Waals surface area contributed by atoms with E-state index in [1.165, 1.54) is 11.1 Å². The van der Waals surface area contributed by atoms with Crippen LogP contribution in [0.5, 0.6) is 0 Å². The van der Waals surface area contributed by atoms with Crippen molar-refractivity contribution in [3.05, 3.63) is 59.7 Å². The second kappa shape index (κ2) is 5.91. The molecule has 2 aromatic rings. The molecular formula is C15H17N3O. The number of hydrogen-bond donors (Lipinski definition) is 3. The maximum absolute atomic E-state index is 10.7. The molecule has 0 saturated carbocycles. The van der Waals surface area contributed by atoms with Crippen LogP contribution in [0.25, 0.3) is 0 Å². The summed E-state index contributed by atoms with van der Waals surface area (Å²) < 4.78 is 0. The summed E-state index contributed by atoms with van der Waals surface area (Å²) in [5.41, 5.74) is 9.22. The predicted molar refractivity (Wildman–Crippen MR) is 78.2 cm³/mol. The fourth-order valence-electron chi connectivity index (χ4n) is 1.84. The van der Waals surface area contributed by atoms with Crippen LogP contribution in [0, 0.1) is 6.92 Å². The summed E-state index contributed by atoms with van der Waals surface area (Å²) in [6.07, 6.45) is 0. The molecule has 4 heteroatoms. The summed E-state index contributed by atoms with van der Waals surface area (Å²) in [6, 6.07) is 15.2. The summed E-state index contributed by atoms with van der Waals surface area (Å²) in [6.45, 7) is 2.85. The number of nitrogens with one attached hydrogen (secondary N) is 2. The van der Waals surface area contributed by atoms with E-state index in [0.717, 1.165) is 12.2 Å². The Morgan fingerprint density at radius 3 is 2.42 bits per heavy atom. The van der Waals surface area contributed by atoms with E-state index in [4.69, 9.17) is 5.73 Å². The smallest absolute Gasteiger partial charge is 0.316 e. The highest BCUT2D eigenvalue weighted by molar-refractivity contribution is 5.87. The fraction of sp³-hybridized carbons (Fsp3) is 0.133. The Bertz CT molecular complexity index is 564. The molecule has 0 aliphatic heterocycles. The molecule has 0 radical (unpaired) electrons. The zero-order valence-electron chi connectivity index (χ0n) is 10.8. The van der Waals surface area contributed by atoms with Gasteiger partial charge in [0.15, 0.2) is 0 Å². The standard InChI is InChI=1S/C15H17N3O/c1-11-3-2-4-12(9-11)10-17-13-5-7-14(8-6-13)18-15(16)19/h2-9,17H,10H2,1H3,(H3,16,18,19). The van der Waals surface area contributed by atoms with E-state index < -0.39 is 6.03 Å². The first kappa shape index (κ1) is 13.0. The lowest BCUT2D eigenvalue weighted by Crippen LogP contribution is -2.19. The van der Waals surface area contributed by atoms with E-state index in [1.807, 2.05) is 30.3 Å². The molecule has 0 aliphatic rings. The van der Waals surface area contributed by atoms with Crippen LogP contribution in [0.4, 0.5) is 16.2 Å². The molecule has 0 aliphatic carbocycles. The molecule has 0 bridgehead atoms. The Kier molecular flexibility index (Phi) is 4.03. The van der Waals surface area contributed by atoms with Crippen molar-refractivity contribution in [1.82, 2.24) is 0 Å². The Morgan fingerprint density at radius 2 is 1.79 bits per heavy atom. The van der Waals surface area contributed by atoms with E-state index in [1.54, 1.807) is 0 Å². The summed E-state index contributed by atoms with van der Waals surface area (Å²) in [7, 11) is 0. The lowest BCUT2D eigenvalue weighted by molar-refractivity contribution is 0.259. The molecule has 0 saturated heterocycles. The summed E-state index contributed by atoms with van der Waals surface area (Å²) in [5, 5.41) is 5.85. The van der Waals surface area contributed by atoms with Crippen LogP contribution in [0.2, 0.25) is 0 Å². The predicted octanol–water partition coefficient (Wildman–Crippen LogP) is 3.10. The molecule has 2 aromatic carbocycles. The summed E-state index contributed by atoms with van der Waals surface area (Å²) in [5.74, 6) is 0. The molecule has 4 N–H and O–H groups in total. The highest BCUT2D eigenvalue weighted by Crippen LogP contribution is 2.14. The van der Waals surface area contributed by atoms with Gasteiger partial charge in [-0.15, -0.1) is 0 Å². The molecule has 0 spiro atoms. The second-order valence-electron chi connectivity index (χ2n) is 4.41. The Hall–Kier alpha value is -2.49. The number of urea groups is 1. The number of nitrogens with two attached hydrogens (primary N) is 1. The van der Waals surface area contributed by atoms with Crippen molar-refractivity contribution in [1.29, 1.82) is 0 Å². The number of hydrogen-bond acceptors (Lipinski definition) is 2. The normalized spacial score (nSPS) is 9.95. The monoisotopic (exact) mass is 255 g/mol. The van der Waals surface area contributed by atoms with Crippen LogP contribution >= 0.6 is 0 Å². The zero-order chi connectivity index (χ0) is 13.7. The highest BCUT2D eigenvalue weighted by atomic mass is 16.2. The van der Waals surface area contributed by atoms with Gasteiger partial charge >= 0.3 is 6.03 Å². The van der Waals surface area contributed by atoms with Crippen molar-refractivity contribution in [3.63, 3.8) is 0 Å². The van der Waals surface area contributed by atoms with Gasteiger partial charge in [-0.05, 0) is 36.8 Å². The number of aryl methyl sites for hydroxylation is 1. The van der Waals surface area contributed by atoms with Gasteiger partial charge in [0.1, 0.15) is 0 Å². The van der Waals surface area contributed by atoms with Crippen molar-refractivity contribution >= 4 is 17.4 Å². The number of benzene rings is 2. The Balaban J connectivity index is 1.94. The highest BCUT2D eigenvalue weighted by Gasteiger charge is 1.97. The van der Waals surface area contributed by atoms with Crippen LogP contribution in [0.3, 0.4) is 0 Å².